The Bertz CT molecular complexity index is 687. The molecule has 2 rings (SSSR count). The van der Waals surface area contributed by atoms with Crippen molar-refractivity contribution in [2.24, 2.45) is 0 Å². The number of benzene rings is 2. The minimum atomic E-state index is 0.208. The predicted molar refractivity (Wildman–Crippen MR) is 136 cm³/mol. The summed E-state index contributed by atoms with van der Waals surface area (Å²) in [6.07, 6.45) is 4.56. The van der Waals surface area contributed by atoms with Crippen LogP contribution >= 0.6 is 24.4 Å². The van der Waals surface area contributed by atoms with Crippen molar-refractivity contribution in [2.45, 2.75) is 51.6 Å². The highest BCUT2D eigenvalue weighted by Crippen LogP contribution is 2.11. The van der Waals surface area contributed by atoms with E-state index in [4.69, 9.17) is 24.4 Å². The number of thiocarbonyl (C=S) groups is 2. The first-order valence-electron chi connectivity index (χ1n) is 10.7. The van der Waals surface area contributed by atoms with Crippen LogP contribution in [0, 0.1) is 0 Å². The van der Waals surface area contributed by atoms with E-state index in [0.717, 1.165) is 36.2 Å². The standard InChI is InChI=1S/C24H34N4S2/c1-19(21-13-7-5-8-14-21)27-23(29)25-17-11-3-4-12-18-26-24(30)28-20(2)22-15-9-6-10-16-22/h5-10,13-16,19-20H,3-4,11-12,17-18H2,1-2H3,(H2,25,27,29)(H2,26,28,30)/t19-,20-/m0/s1. The highest BCUT2D eigenvalue weighted by atomic mass is 32.1. The van der Waals surface area contributed by atoms with E-state index in [0.29, 0.717) is 0 Å². The van der Waals surface area contributed by atoms with Gasteiger partial charge in [-0.05, 0) is 62.3 Å². The molecule has 0 saturated carbocycles. The molecule has 2 atom stereocenters. The molecule has 0 aliphatic carbocycles. The van der Waals surface area contributed by atoms with Gasteiger partial charge in [0.2, 0.25) is 0 Å². The van der Waals surface area contributed by atoms with Gasteiger partial charge in [0, 0.05) is 13.1 Å². The molecule has 0 radical (unpaired) electrons. The topological polar surface area (TPSA) is 48.1 Å². The molecule has 0 aliphatic heterocycles. The monoisotopic (exact) mass is 442 g/mol. The molecular weight excluding hydrogens is 408 g/mol. The van der Waals surface area contributed by atoms with Crippen LogP contribution in [0.5, 0.6) is 0 Å². The molecular formula is C24H34N4S2. The van der Waals surface area contributed by atoms with Crippen molar-refractivity contribution < 1.29 is 0 Å². The maximum atomic E-state index is 5.39. The second-order valence-electron chi connectivity index (χ2n) is 7.48. The van der Waals surface area contributed by atoms with E-state index in [1.807, 2.05) is 36.4 Å². The Morgan fingerprint density at radius 3 is 1.37 bits per heavy atom. The zero-order valence-electron chi connectivity index (χ0n) is 18.0. The van der Waals surface area contributed by atoms with Crippen LogP contribution in [0.25, 0.3) is 0 Å². The van der Waals surface area contributed by atoms with Gasteiger partial charge < -0.3 is 21.3 Å². The van der Waals surface area contributed by atoms with Crippen molar-refractivity contribution in [2.75, 3.05) is 13.1 Å². The summed E-state index contributed by atoms with van der Waals surface area (Å²) >= 11 is 10.8. The van der Waals surface area contributed by atoms with Crippen molar-refractivity contribution in [3.8, 4) is 0 Å². The van der Waals surface area contributed by atoms with E-state index in [1.54, 1.807) is 0 Å². The van der Waals surface area contributed by atoms with Gasteiger partial charge in [0.15, 0.2) is 10.2 Å². The van der Waals surface area contributed by atoms with Crippen LogP contribution in [-0.2, 0) is 0 Å². The van der Waals surface area contributed by atoms with Crippen molar-refractivity contribution in [1.82, 2.24) is 21.3 Å². The van der Waals surface area contributed by atoms with Gasteiger partial charge in [0.25, 0.3) is 0 Å². The Balaban J connectivity index is 1.46. The Morgan fingerprint density at radius 1 is 0.633 bits per heavy atom. The van der Waals surface area contributed by atoms with Gasteiger partial charge in [-0.3, -0.25) is 0 Å². The van der Waals surface area contributed by atoms with Gasteiger partial charge in [0.05, 0.1) is 12.1 Å². The van der Waals surface area contributed by atoms with E-state index in [1.165, 1.54) is 24.0 Å². The Kier molecular flexibility index (Phi) is 11.2. The zero-order chi connectivity index (χ0) is 21.6. The summed E-state index contributed by atoms with van der Waals surface area (Å²) in [7, 11) is 0. The number of hydrogen-bond donors (Lipinski definition) is 4. The Labute approximate surface area is 192 Å². The quantitative estimate of drug-likeness (QED) is 0.290. The molecule has 162 valence electrons. The average Bonchev–Trinajstić information content (AvgIpc) is 2.76. The average molecular weight is 443 g/mol. The Hall–Kier alpha value is -2.18. The fraction of sp³-hybridized carbons (Fsp3) is 0.417. The highest BCUT2D eigenvalue weighted by molar-refractivity contribution is 7.80. The minimum Gasteiger partial charge on any atom is -0.363 e. The zero-order valence-corrected chi connectivity index (χ0v) is 19.6. The second-order valence-corrected chi connectivity index (χ2v) is 8.30. The lowest BCUT2D eigenvalue weighted by Crippen LogP contribution is -2.37. The first-order chi connectivity index (χ1) is 14.6. The van der Waals surface area contributed by atoms with Crippen LogP contribution in [0.1, 0.15) is 62.7 Å². The molecule has 2 aromatic carbocycles. The number of rotatable bonds is 11. The molecule has 0 heterocycles. The summed E-state index contributed by atoms with van der Waals surface area (Å²) in [6, 6.07) is 21.1. The van der Waals surface area contributed by atoms with Crippen LogP contribution in [-0.4, -0.2) is 23.3 Å². The first kappa shape index (κ1) is 24.1. The molecule has 2 aromatic rings. The molecule has 0 bridgehead atoms. The van der Waals surface area contributed by atoms with Gasteiger partial charge in [-0.15, -0.1) is 0 Å². The summed E-state index contributed by atoms with van der Waals surface area (Å²) in [6.45, 7) is 6.04. The fourth-order valence-corrected chi connectivity index (χ4v) is 3.71. The third-order valence-corrected chi connectivity index (χ3v) is 5.49. The van der Waals surface area contributed by atoms with Gasteiger partial charge in [0.1, 0.15) is 0 Å². The lowest BCUT2D eigenvalue weighted by Gasteiger charge is -2.17. The molecule has 4 nitrogen and oxygen atoms in total. The normalized spacial score (nSPS) is 12.5. The molecule has 0 aromatic heterocycles. The van der Waals surface area contributed by atoms with E-state index >= 15 is 0 Å². The molecule has 0 saturated heterocycles. The first-order valence-corrected chi connectivity index (χ1v) is 11.6. The van der Waals surface area contributed by atoms with Crippen LogP contribution in [0.15, 0.2) is 60.7 Å². The molecule has 0 aliphatic rings. The molecule has 4 N–H and O–H groups in total. The SMILES string of the molecule is C[C@H](NC(=S)NCCCCCCNC(=S)N[C@@H](C)c1ccccc1)c1ccccc1. The summed E-state index contributed by atoms with van der Waals surface area (Å²) < 4.78 is 0. The number of unbranched alkanes of at least 4 members (excludes halogenated alkanes) is 3. The molecule has 6 heteroatoms. The van der Waals surface area contributed by atoms with Gasteiger partial charge in [-0.1, -0.05) is 73.5 Å². The van der Waals surface area contributed by atoms with Gasteiger partial charge in [-0.2, -0.15) is 0 Å². The van der Waals surface area contributed by atoms with Crippen molar-refractivity contribution >= 4 is 34.7 Å². The lowest BCUT2D eigenvalue weighted by atomic mass is 10.1. The van der Waals surface area contributed by atoms with Crippen LogP contribution in [0.4, 0.5) is 0 Å². The summed E-state index contributed by atoms with van der Waals surface area (Å²) in [5, 5.41) is 14.7. The van der Waals surface area contributed by atoms with Crippen molar-refractivity contribution in [3.05, 3.63) is 71.8 Å². The number of hydrogen-bond acceptors (Lipinski definition) is 2. The van der Waals surface area contributed by atoms with Crippen LogP contribution in [0.2, 0.25) is 0 Å². The van der Waals surface area contributed by atoms with E-state index in [-0.39, 0.29) is 12.1 Å². The summed E-state index contributed by atoms with van der Waals surface area (Å²) in [4.78, 5) is 0. The largest absolute Gasteiger partial charge is 0.363 e. The molecule has 0 amide bonds. The second kappa shape index (κ2) is 13.9. The number of nitrogens with one attached hydrogen (secondary N) is 4. The van der Waals surface area contributed by atoms with Crippen LogP contribution in [0.3, 0.4) is 0 Å². The predicted octanol–water partition coefficient (Wildman–Crippen LogP) is 5.00. The van der Waals surface area contributed by atoms with E-state index in [9.17, 15) is 0 Å². The van der Waals surface area contributed by atoms with Gasteiger partial charge >= 0.3 is 0 Å². The van der Waals surface area contributed by atoms with Crippen LogP contribution < -0.4 is 21.3 Å². The van der Waals surface area contributed by atoms with E-state index < -0.39 is 0 Å². The summed E-state index contributed by atoms with van der Waals surface area (Å²) in [5.74, 6) is 0. The maximum absolute atomic E-state index is 5.39. The third kappa shape index (κ3) is 9.55. The summed E-state index contributed by atoms with van der Waals surface area (Å²) in [5.41, 5.74) is 2.47. The lowest BCUT2D eigenvalue weighted by molar-refractivity contribution is 0.611. The maximum Gasteiger partial charge on any atom is 0.166 e. The Morgan fingerprint density at radius 2 is 1.00 bits per heavy atom. The minimum absolute atomic E-state index is 0.208. The third-order valence-electron chi connectivity index (χ3n) is 4.97. The van der Waals surface area contributed by atoms with Crippen molar-refractivity contribution in [1.29, 1.82) is 0 Å². The smallest absolute Gasteiger partial charge is 0.166 e. The molecule has 0 fully saturated rings. The van der Waals surface area contributed by atoms with Gasteiger partial charge in [-0.25, -0.2) is 0 Å². The molecule has 0 unspecified atom stereocenters. The molecule has 30 heavy (non-hydrogen) atoms. The highest BCUT2D eigenvalue weighted by Gasteiger charge is 2.06. The fourth-order valence-electron chi connectivity index (χ4n) is 3.15. The van der Waals surface area contributed by atoms with Crippen molar-refractivity contribution in [3.63, 3.8) is 0 Å². The van der Waals surface area contributed by atoms with E-state index in [2.05, 4.69) is 59.4 Å². The molecule has 0 spiro atoms.